The number of aliphatic hydroxyl groups is 1. The van der Waals surface area contributed by atoms with Crippen LogP contribution in [0, 0.1) is 5.92 Å². The van der Waals surface area contributed by atoms with Crippen LogP contribution in [0.4, 0.5) is 0 Å². The topological polar surface area (TPSA) is 32.3 Å². The Labute approximate surface area is 110 Å². The summed E-state index contributed by atoms with van der Waals surface area (Å²) >= 11 is 0. The predicted molar refractivity (Wildman–Crippen MR) is 75.6 cm³/mol. The molecular weight excluding hydrogens is 222 g/mol. The maximum absolute atomic E-state index is 9.54. The summed E-state index contributed by atoms with van der Waals surface area (Å²) in [5, 5.41) is 13.2. The largest absolute Gasteiger partial charge is 0.395 e. The molecule has 1 fully saturated rings. The van der Waals surface area contributed by atoms with Gasteiger partial charge in [-0.05, 0) is 30.7 Å². The summed E-state index contributed by atoms with van der Waals surface area (Å²) in [6, 6.07) is 11.2. The Kier molecular flexibility index (Phi) is 5.21. The molecule has 3 unspecified atom stereocenters. The highest BCUT2D eigenvalue weighted by Gasteiger charge is 2.27. The Balaban J connectivity index is 1.89. The normalized spacial score (nSPS) is 25.2. The first-order valence-corrected chi connectivity index (χ1v) is 7.24. The zero-order chi connectivity index (χ0) is 12.8. The van der Waals surface area contributed by atoms with Gasteiger partial charge in [0, 0.05) is 12.1 Å². The van der Waals surface area contributed by atoms with Gasteiger partial charge in [-0.1, -0.05) is 50.1 Å². The first kappa shape index (κ1) is 13.6. The number of hydrogen-bond acceptors (Lipinski definition) is 2. The number of hydrogen-bond donors (Lipinski definition) is 2. The van der Waals surface area contributed by atoms with E-state index >= 15 is 0 Å². The summed E-state index contributed by atoms with van der Waals surface area (Å²) in [7, 11) is 0. The van der Waals surface area contributed by atoms with Crippen molar-refractivity contribution in [3.05, 3.63) is 35.9 Å². The molecule has 0 spiro atoms. The highest BCUT2D eigenvalue weighted by atomic mass is 16.3. The third kappa shape index (κ3) is 3.56. The standard InChI is InChI=1S/C16H25NO/c1-2-14-9-6-10-16(14)17-15(12-18)11-13-7-4-3-5-8-13/h3-5,7-8,14-18H,2,6,9-12H2,1H3. The molecule has 1 aliphatic rings. The van der Waals surface area contributed by atoms with Crippen LogP contribution >= 0.6 is 0 Å². The van der Waals surface area contributed by atoms with E-state index in [9.17, 15) is 5.11 Å². The highest BCUT2D eigenvalue weighted by molar-refractivity contribution is 5.16. The third-order valence-corrected chi connectivity index (χ3v) is 4.18. The molecule has 0 bridgehead atoms. The minimum Gasteiger partial charge on any atom is -0.395 e. The Bertz CT molecular complexity index is 338. The summed E-state index contributed by atoms with van der Waals surface area (Å²) in [6.45, 7) is 2.50. The zero-order valence-electron chi connectivity index (χ0n) is 11.3. The Morgan fingerprint density at radius 1 is 1.28 bits per heavy atom. The maximum Gasteiger partial charge on any atom is 0.0587 e. The third-order valence-electron chi connectivity index (χ3n) is 4.18. The van der Waals surface area contributed by atoms with Crippen LogP contribution in [0.15, 0.2) is 30.3 Å². The zero-order valence-corrected chi connectivity index (χ0v) is 11.3. The van der Waals surface area contributed by atoms with E-state index in [0.717, 1.165) is 12.3 Å². The van der Waals surface area contributed by atoms with Crippen molar-refractivity contribution in [1.29, 1.82) is 0 Å². The summed E-state index contributed by atoms with van der Waals surface area (Å²) < 4.78 is 0. The monoisotopic (exact) mass is 247 g/mol. The van der Waals surface area contributed by atoms with E-state index in [1.54, 1.807) is 0 Å². The van der Waals surface area contributed by atoms with Gasteiger partial charge in [-0.25, -0.2) is 0 Å². The smallest absolute Gasteiger partial charge is 0.0587 e. The van der Waals surface area contributed by atoms with Crippen LogP contribution in [0.25, 0.3) is 0 Å². The molecule has 2 rings (SSSR count). The van der Waals surface area contributed by atoms with Gasteiger partial charge >= 0.3 is 0 Å². The van der Waals surface area contributed by atoms with Crippen molar-refractivity contribution >= 4 is 0 Å². The molecule has 1 saturated carbocycles. The molecule has 1 aromatic carbocycles. The van der Waals surface area contributed by atoms with Gasteiger partial charge in [0.2, 0.25) is 0 Å². The van der Waals surface area contributed by atoms with Crippen molar-refractivity contribution in [2.75, 3.05) is 6.61 Å². The Hall–Kier alpha value is -0.860. The molecule has 1 aliphatic carbocycles. The van der Waals surface area contributed by atoms with Gasteiger partial charge in [-0.3, -0.25) is 0 Å². The number of benzene rings is 1. The van der Waals surface area contributed by atoms with Crippen LogP contribution in [0.1, 0.15) is 38.2 Å². The second-order valence-electron chi connectivity index (χ2n) is 5.44. The molecule has 2 nitrogen and oxygen atoms in total. The second kappa shape index (κ2) is 6.91. The maximum atomic E-state index is 9.54. The molecule has 0 aliphatic heterocycles. The quantitative estimate of drug-likeness (QED) is 0.810. The van der Waals surface area contributed by atoms with E-state index < -0.39 is 0 Å². The fraction of sp³-hybridized carbons (Fsp3) is 0.625. The Morgan fingerprint density at radius 3 is 2.72 bits per heavy atom. The molecule has 0 radical (unpaired) electrons. The van der Waals surface area contributed by atoms with Crippen LogP contribution in [-0.2, 0) is 6.42 Å². The van der Waals surface area contributed by atoms with Gasteiger partial charge in [0.05, 0.1) is 6.61 Å². The fourth-order valence-electron chi connectivity index (χ4n) is 3.12. The number of aliphatic hydroxyl groups excluding tert-OH is 1. The minimum atomic E-state index is 0.199. The predicted octanol–water partition coefficient (Wildman–Crippen LogP) is 2.76. The van der Waals surface area contributed by atoms with E-state index in [4.69, 9.17) is 0 Å². The van der Waals surface area contributed by atoms with Crippen molar-refractivity contribution in [1.82, 2.24) is 5.32 Å². The van der Waals surface area contributed by atoms with Crippen LogP contribution in [0.2, 0.25) is 0 Å². The van der Waals surface area contributed by atoms with E-state index in [1.165, 1.54) is 31.2 Å². The van der Waals surface area contributed by atoms with Gasteiger partial charge in [0.15, 0.2) is 0 Å². The lowest BCUT2D eigenvalue weighted by Gasteiger charge is -2.25. The first-order chi connectivity index (χ1) is 8.83. The Morgan fingerprint density at radius 2 is 2.06 bits per heavy atom. The van der Waals surface area contributed by atoms with E-state index in [1.807, 2.05) is 6.07 Å². The van der Waals surface area contributed by atoms with Crippen molar-refractivity contribution in [2.24, 2.45) is 5.92 Å². The molecular formula is C16H25NO. The molecule has 2 N–H and O–H groups in total. The molecule has 3 atom stereocenters. The molecule has 100 valence electrons. The van der Waals surface area contributed by atoms with E-state index in [0.29, 0.717) is 6.04 Å². The molecule has 0 heterocycles. The van der Waals surface area contributed by atoms with Crippen LogP contribution < -0.4 is 5.32 Å². The van der Waals surface area contributed by atoms with Crippen molar-refractivity contribution < 1.29 is 5.11 Å². The van der Waals surface area contributed by atoms with Crippen molar-refractivity contribution in [2.45, 2.75) is 51.1 Å². The summed E-state index contributed by atoms with van der Waals surface area (Å²) in [5.74, 6) is 0.801. The molecule has 0 saturated heterocycles. The number of nitrogens with one attached hydrogen (secondary N) is 1. The van der Waals surface area contributed by atoms with Crippen LogP contribution in [-0.4, -0.2) is 23.8 Å². The van der Waals surface area contributed by atoms with Crippen molar-refractivity contribution in [3.8, 4) is 0 Å². The van der Waals surface area contributed by atoms with Crippen LogP contribution in [0.5, 0.6) is 0 Å². The average molecular weight is 247 g/mol. The average Bonchev–Trinajstić information content (AvgIpc) is 2.86. The first-order valence-electron chi connectivity index (χ1n) is 7.24. The van der Waals surface area contributed by atoms with E-state index in [-0.39, 0.29) is 12.6 Å². The number of rotatable bonds is 6. The molecule has 0 amide bonds. The molecule has 2 heteroatoms. The molecule has 1 aromatic rings. The lowest BCUT2D eigenvalue weighted by atomic mass is 9.98. The summed E-state index contributed by atoms with van der Waals surface area (Å²) in [6.07, 6.45) is 6.12. The molecule has 0 aromatic heterocycles. The molecule has 18 heavy (non-hydrogen) atoms. The van der Waals surface area contributed by atoms with Gasteiger partial charge < -0.3 is 10.4 Å². The summed E-state index contributed by atoms with van der Waals surface area (Å²) in [4.78, 5) is 0. The highest BCUT2D eigenvalue weighted by Crippen LogP contribution is 2.28. The van der Waals surface area contributed by atoms with Gasteiger partial charge in [-0.15, -0.1) is 0 Å². The minimum absolute atomic E-state index is 0.199. The van der Waals surface area contributed by atoms with E-state index in [2.05, 4.69) is 36.5 Å². The summed E-state index contributed by atoms with van der Waals surface area (Å²) in [5.41, 5.74) is 1.30. The lowest BCUT2D eigenvalue weighted by molar-refractivity contribution is 0.219. The van der Waals surface area contributed by atoms with Gasteiger partial charge in [0.25, 0.3) is 0 Å². The van der Waals surface area contributed by atoms with Crippen molar-refractivity contribution in [3.63, 3.8) is 0 Å². The van der Waals surface area contributed by atoms with Crippen LogP contribution in [0.3, 0.4) is 0 Å². The van der Waals surface area contributed by atoms with Gasteiger partial charge in [-0.2, -0.15) is 0 Å². The van der Waals surface area contributed by atoms with Gasteiger partial charge in [0.1, 0.15) is 0 Å². The lowest BCUT2D eigenvalue weighted by Crippen LogP contribution is -2.43. The fourth-order valence-corrected chi connectivity index (χ4v) is 3.12. The second-order valence-corrected chi connectivity index (χ2v) is 5.44. The SMILES string of the molecule is CCC1CCCC1NC(CO)Cc1ccccc1.